The van der Waals surface area contributed by atoms with Crippen LogP contribution in [0.4, 0.5) is 0 Å². The largest absolute Gasteiger partial charge is 0.353 e. The van der Waals surface area contributed by atoms with Gasteiger partial charge in [0, 0.05) is 38.7 Å². The smallest absolute Gasteiger partial charge is 0.225 e. The molecule has 2 aromatic rings. The van der Waals surface area contributed by atoms with Crippen LogP contribution in [0.25, 0.3) is 11.4 Å². The minimum absolute atomic E-state index is 0.0330. The predicted molar refractivity (Wildman–Crippen MR) is 88.1 cm³/mol. The van der Waals surface area contributed by atoms with Gasteiger partial charge in [-0.1, -0.05) is 0 Å². The van der Waals surface area contributed by atoms with E-state index in [0.29, 0.717) is 25.9 Å². The molecule has 0 unspecified atom stereocenters. The van der Waals surface area contributed by atoms with Crippen molar-refractivity contribution >= 4 is 11.8 Å². The molecule has 1 saturated heterocycles. The van der Waals surface area contributed by atoms with Crippen molar-refractivity contribution in [3.8, 4) is 11.4 Å². The van der Waals surface area contributed by atoms with Crippen LogP contribution < -0.4 is 5.32 Å². The van der Waals surface area contributed by atoms with Gasteiger partial charge < -0.3 is 14.8 Å². The second-order valence-electron chi connectivity index (χ2n) is 6.84. The SMILES string of the molecule is C[C@H]1CN(C(=O)C[C@@H]2CCC(=O)N2)Cc2nnc(-c3cnn(C)c3)n21. The van der Waals surface area contributed by atoms with Crippen LogP contribution in [0.2, 0.25) is 0 Å². The molecule has 2 aliphatic heterocycles. The van der Waals surface area contributed by atoms with E-state index in [-0.39, 0.29) is 23.9 Å². The van der Waals surface area contributed by atoms with Gasteiger partial charge in [-0.25, -0.2) is 0 Å². The van der Waals surface area contributed by atoms with Crippen molar-refractivity contribution in [2.24, 2.45) is 7.05 Å². The van der Waals surface area contributed by atoms with Crippen molar-refractivity contribution in [3.63, 3.8) is 0 Å². The minimum Gasteiger partial charge on any atom is -0.353 e. The summed E-state index contributed by atoms with van der Waals surface area (Å²) in [4.78, 5) is 25.7. The number of hydrogen-bond donors (Lipinski definition) is 1. The van der Waals surface area contributed by atoms with Crippen LogP contribution in [0.15, 0.2) is 12.4 Å². The van der Waals surface area contributed by atoms with Gasteiger partial charge in [-0.05, 0) is 13.3 Å². The minimum atomic E-state index is -0.0407. The van der Waals surface area contributed by atoms with Gasteiger partial charge in [-0.2, -0.15) is 5.10 Å². The number of amides is 2. The molecule has 4 heterocycles. The van der Waals surface area contributed by atoms with E-state index < -0.39 is 0 Å². The molecule has 0 radical (unpaired) electrons. The Morgan fingerprint density at radius 3 is 2.92 bits per heavy atom. The summed E-state index contributed by atoms with van der Waals surface area (Å²) in [6, 6.07) is 0.0390. The molecule has 0 aromatic carbocycles. The fourth-order valence-electron chi connectivity index (χ4n) is 3.62. The van der Waals surface area contributed by atoms with Crippen LogP contribution in [-0.4, -0.2) is 53.8 Å². The quantitative estimate of drug-likeness (QED) is 0.861. The first kappa shape index (κ1) is 15.8. The number of rotatable bonds is 3. The lowest BCUT2D eigenvalue weighted by Crippen LogP contribution is -2.42. The summed E-state index contributed by atoms with van der Waals surface area (Å²) in [5, 5.41) is 15.6. The molecule has 0 bridgehead atoms. The van der Waals surface area contributed by atoms with Crippen molar-refractivity contribution < 1.29 is 9.59 Å². The summed E-state index contributed by atoms with van der Waals surface area (Å²) in [5.74, 6) is 1.65. The van der Waals surface area contributed by atoms with E-state index in [9.17, 15) is 9.59 Å². The standard InChI is InChI=1S/C16H21N7O2/c1-10-7-22(15(25)5-12-3-4-14(24)18-12)9-13-19-20-16(23(10)13)11-6-17-21(2)8-11/h6,8,10,12H,3-5,7,9H2,1-2H3,(H,18,24)/t10-,12-/m0/s1. The third kappa shape index (κ3) is 2.90. The molecule has 1 fully saturated rings. The molecule has 0 aliphatic carbocycles. The Labute approximate surface area is 145 Å². The fraction of sp³-hybridized carbons (Fsp3) is 0.562. The molecular weight excluding hydrogens is 322 g/mol. The number of aromatic nitrogens is 5. The van der Waals surface area contributed by atoms with Crippen LogP contribution in [0.3, 0.4) is 0 Å². The predicted octanol–water partition coefficient (Wildman–Crippen LogP) is 0.251. The van der Waals surface area contributed by atoms with E-state index >= 15 is 0 Å². The maximum atomic E-state index is 12.6. The van der Waals surface area contributed by atoms with Gasteiger partial charge in [0.1, 0.15) is 0 Å². The van der Waals surface area contributed by atoms with Crippen LogP contribution in [-0.2, 0) is 23.2 Å². The number of hydrogen-bond acceptors (Lipinski definition) is 5. The highest BCUT2D eigenvalue weighted by atomic mass is 16.2. The van der Waals surface area contributed by atoms with E-state index in [1.165, 1.54) is 0 Å². The van der Waals surface area contributed by atoms with E-state index in [4.69, 9.17) is 0 Å². The van der Waals surface area contributed by atoms with Gasteiger partial charge in [0.2, 0.25) is 11.8 Å². The molecule has 1 N–H and O–H groups in total. The lowest BCUT2D eigenvalue weighted by atomic mass is 10.1. The molecule has 25 heavy (non-hydrogen) atoms. The molecule has 9 heteroatoms. The van der Waals surface area contributed by atoms with Gasteiger partial charge in [-0.15, -0.1) is 10.2 Å². The zero-order valence-corrected chi connectivity index (χ0v) is 14.3. The molecular formula is C16H21N7O2. The number of nitrogens with zero attached hydrogens (tertiary/aromatic N) is 6. The summed E-state index contributed by atoms with van der Waals surface area (Å²) < 4.78 is 3.81. The van der Waals surface area contributed by atoms with E-state index in [2.05, 4.69) is 32.1 Å². The Morgan fingerprint density at radius 2 is 2.24 bits per heavy atom. The first-order valence-electron chi connectivity index (χ1n) is 8.51. The van der Waals surface area contributed by atoms with E-state index in [0.717, 1.165) is 23.6 Å². The fourth-order valence-corrected chi connectivity index (χ4v) is 3.62. The highest BCUT2D eigenvalue weighted by Gasteiger charge is 2.32. The third-order valence-corrected chi connectivity index (χ3v) is 4.85. The summed E-state index contributed by atoms with van der Waals surface area (Å²) in [5.41, 5.74) is 0.918. The molecule has 0 spiro atoms. The van der Waals surface area contributed by atoms with Gasteiger partial charge in [0.25, 0.3) is 0 Å². The Hall–Kier alpha value is -2.71. The van der Waals surface area contributed by atoms with Crippen LogP contribution in [0.1, 0.15) is 38.1 Å². The number of fused-ring (bicyclic) bond motifs is 1. The average Bonchev–Trinajstić information content (AvgIpc) is 3.27. The molecule has 2 aliphatic rings. The lowest BCUT2D eigenvalue weighted by molar-refractivity contribution is -0.133. The number of carbonyl (C=O) groups is 2. The van der Waals surface area contributed by atoms with Crippen molar-refractivity contribution in [1.82, 2.24) is 34.8 Å². The maximum Gasteiger partial charge on any atom is 0.225 e. The lowest BCUT2D eigenvalue weighted by Gasteiger charge is -2.33. The number of carbonyl (C=O) groups excluding carboxylic acids is 2. The summed E-state index contributed by atoms with van der Waals surface area (Å²) in [7, 11) is 1.86. The average molecular weight is 343 g/mol. The molecule has 2 aromatic heterocycles. The molecule has 9 nitrogen and oxygen atoms in total. The Balaban J connectivity index is 1.51. The zero-order valence-electron chi connectivity index (χ0n) is 14.3. The molecule has 0 saturated carbocycles. The number of aryl methyl sites for hydroxylation is 1. The van der Waals surface area contributed by atoms with Crippen molar-refractivity contribution in [3.05, 3.63) is 18.2 Å². The van der Waals surface area contributed by atoms with Gasteiger partial charge in [0.15, 0.2) is 11.6 Å². The van der Waals surface area contributed by atoms with Crippen molar-refractivity contribution in [2.45, 2.75) is 44.8 Å². The Kier molecular flexibility index (Phi) is 3.78. The van der Waals surface area contributed by atoms with Crippen molar-refractivity contribution in [1.29, 1.82) is 0 Å². The second-order valence-corrected chi connectivity index (χ2v) is 6.84. The Morgan fingerprint density at radius 1 is 1.40 bits per heavy atom. The summed E-state index contributed by atoms with van der Waals surface area (Å²) in [6.07, 6.45) is 5.27. The van der Waals surface area contributed by atoms with E-state index in [1.807, 2.05) is 18.1 Å². The topological polar surface area (TPSA) is 97.9 Å². The monoisotopic (exact) mass is 343 g/mol. The first-order valence-corrected chi connectivity index (χ1v) is 8.51. The van der Waals surface area contributed by atoms with Crippen LogP contribution in [0, 0.1) is 0 Å². The Bertz CT molecular complexity index is 824. The van der Waals surface area contributed by atoms with Gasteiger partial charge in [-0.3, -0.25) is 14.3 Å². The van der Waals surface area contributed by atoms with Crippen LogP contribution in [0.5, 0.6) is 0 Å². The van der Waals surface area contributed by atoms with Crippen molar-refractivity contribution in [2.75, 3.05) is 6.54 Å². The van der Waals surface area contributed by atoms with Crippen LogP contribution >= 0.6 is 0 Å². The number of nitrogens with one attached hydrogen (secondary N) is 1. The normalized spacial score (nSPS) is 22.8. The first-order chi connectivity index (χ1) is 12.0. The van der Waals surface area contributed by atoms with E-state index in [1.54, 1.807) is 10.9 Å². The molecule has 2 atom stereocenters. The summed E-state index contributed by atoms with van der Waals surface area (Å²) in [6.45, 7) is 3.11. The van der Waals surface area contributed by atoms with Gasteiger partial charge in [0.05, 0.1) is 24.3 Å². The zero-order chi connectivity index (χ0) is 17.6. The maximum absolute atomic E-state index is 12.6. The molecule has 132 valence electrons. The summed E-state index contributed by atoms with van der Waals surface area (Å²) >= 11 is 0. The highest BCUT2D eigenvalue weighted by molar-refractivity contribution is 5.82. The second kappa shape index (κ2) is 5.98. The highest BCUT2D eigenvalue weighted by Crippen LogP contribution is 2.27. The molecule has 4 rings (SSSR count). The van der Waals surface area contributed by atoms with Gasteiger partial charge >= 0.3 is 0 Å². The third-order valence-electron chi connectivity index (χ3n) is 4.85. The molecule has 2 amide bonds.